The Kier molecular flexibility index (Phi) is 4.99. The second kappa shape index (κ2) is 6.54. The number of ether oxygens (including phenoxy) is 1. The van der Waals surface area contributed by atoms with Crippen molar-refractivity contribution in [2.45, 2.75) is 38.8 Å². The number of rotatable bonds is 4. The van der Waals surface area contributed by atoms with Crippen molar-refractivity contribution < 1.29 is 19.4 Å². The van der Waals surface area contributed by atoms with Crippen LogP contribution in [-0.2, 0) is 14.3 Å². The Morgan fingerprint density at radius 3 is 2.60 bits per heavy atom. The van der Waals surface area contributed by atoms with Gasteiger partial charge >= 0.3 is 5.97 Å². The number of morpholine rings is 1. The van der Waals surface area contributed by atoms with Gasteiger partial charge in [-0.15, -0.1) is 0 Å². The van der Waals surface area contributed by atoms with Gasteiger partial charge in [-0.05, 0) is 45.7 Å². The molecule has 1 atom stereocenters. The Bertz CT molecular complexity index is 364. The number of carbonyl (C=O) groups is 2. The van der Waals surface area contributed by atoms with E-state index in [2.05, 4.69) is 18.7 Å². The van der Waals surface area contributed by atoms with Crippen LogP contribution in [0.1, 0.15) is 26.7 Å². The van der Waals surface area contributed by atoms with E-state index in [1.807, 2.05) is 0 Å². The SMILES string of the molecule is CC(C)N1CCC(CN2C(=O)COCC2C(=O)O)CC1. The molecule has 20 heavy (non-hydrogen) atoms. The molecule has 6 nitrogen and oxygen atoms in total. The van der Waals surface area contributed by atoms with Gasteiger partial charge in [0.2, 0.25) is 5.91 Å². The van der Waals surface area contributed by atoms with Crippen molar-refractivity contribution in [1.82, 2.24) is 9.80 Å². The molecular formula is C14H24N2O4. The molecule has 0 aromatic carbocycles. The zero-order valence-electron chi connectivity index (χ0n) is 12.2. The molecule has 2 aliphatic rings. The van der Waals surface area contributed by atoms with Gasteiger partial charge in [-0.2, -0.15) is 0 Å². The van der Waals surface area contributed by atoms with Crippen molar-refractivity contribution in [2.24, 2.45) is 5.92 Å². The molecular weight excluding hydrogens is 260 g/mol. The maximum Gasteiger partial charge on any atom is 0.328 e. The molecule has 1 amide bonds. The molecule has 0 bridgehead atoms. The molecule has 2 aliphatic heterocycles. The number of nitrogens with zero attached hydrogens (tertiary/aromatic N) is 2. The molecule has 0 aliphatic carbocycles. The minimum Gasteiger partial charge on any atom is -0.480 e. The van der Waals surface area contributed by atoms with Crippen LogP contribution >= 0.6 is 0 Å². The number of hydrogen-bond donors (Lipinski definition) is 1. The summed E-state index contributed by atoms with van der Waals surface area (Å²) in [4.78, 5) is 27.0. The van der Waals surface area contributed by atoms with Gasteiger partial charge in [-0.3, -0.25) is 4.79 Å². The molecule has 2 heterocycles. The van der Waals surface area contributed by atoms with Crippen LogP contribution < -0.4 is 0 Å². The quantitative estimate of drug-likeness (QED) is 0.810. The van der Waals surface area contributed by atoms with E-state index in [4.69, 9.17) is 4.74 Å². The predicted octanol–water partition coefficient (Wildman–Crippen LogP) is 0.419. The van der Waals surface area contributed by atoms with Crippen LogP contribution in [0.15, 0.2) is 0 Å². The largest absolute Gasteiger partial charge is 0.480 e. The van der Waals surface area contributed by atoms with Crippen LogP contribution in [0.2, 0.25) is 0 Å². The summed E-state index contributed by atoms with van der Waals surface area (Å²) >= 11 is 0. The average molecular weight is 284 g/mol. The highest BCUT2D eigenvalue weighted by molar-refractivity contribution is 5.85. The van der Waals surface area contributed by atoms with E-state index in [1.165, 1.54) is 4.90 Å². The molecule has 1 unspecified atom stereocenters. The molecule has 2 saturated heterocycles. The summed E-state index contributed by atoms with van der Waals surface area (Å²) in [6, 6.07) is -0.271. The van der Waals surface area contributed by atoms with Crippen LogP contribution in [-0.4, -0.2) is 71.7 Å². The Balaban J connectivity index is 1.91. The average Bonchev–Trinajstić information content (AvgIpc) is 2.41. The number of aliphatic carboxylic acids is 1. The Morgan fingerprint density at radius 1 is 1.40 bits per heavy atom. The van der Waals surface area contributed by atoms with Crippen molar-refractivity contribution in [3.63, 3.8) is 0 Å². The van der Waals surface area contributed by atoms with E-state index in [-0.39, 0.29) is 19.1 Å². The molecule has 0 spiro atoms. The van der Waals surface area contributed by atoms with Crippen LogP contribution in [0.4, 0.5) is 0 Å². The molecule has 1 N–H and O–H groups in total. The number of carboxylic acids is 1. The molecule has 114 valence electrons. The van der Waals surface area contributed by atoms with E-state index in [1.54, 1.807) is 0 Å². The van der Waals surface area contributed by atoms with Crippen molar-refractivity contribution in [3.05, 3.63) is 0 Å². The van der Waals surface area contributed by atoms with E-state index in [0.29, 0.717) is 18.5 Å². The van der Waals surface area contributed by atoms with Crippen LogP contribution in [0.3, 0.4) is 0 Å². The predicted molar refractivity (Wildman–Crippen MR) is 73.4 cm³/mol. The summed E-state index contributed by atoms with van der Waals surface area (Å²) < 4.78 is 5.04. The molecule has 2 fully saturated rings. The molecule has 0 aromatic rings. The van der Waals surface area contributed by atoms with Crippen molar-refractivity contribution in [1.29, 1.82) is 0 Å². The highest BCUT2D eigenvalue weighted by Crippen LogP contribution is 2.22. The Morgan fingerprint density at radius 2 is 2.05 bits per heavy atom. The van der Waals surface area contributed by atoms with Crippen LogP contribution in [0.25, 0.3) is 0 Å². The second-order valence-corrected chi connectivity index (χ2v) is 5.99. The monoisotopic (exact) mass is 284 g/mol. The first-order chi connectivity index (χ1) is 9.49. The summed E-state index contributed by atoms with van der Waals surface area (Å²) in [5.74, 6) is -0.776. The van der Waals surface area contributed by atoms with Gasteiger partial charge in [-0.1, -0.05) is 0 Å². The fourth-order valence-electron chi connectivity index (χ4n) is 2.97. The first-order valence-corrected chi connectivity index (χ1v) is 7.33. The summed E-state index contributed by atoms with van der Waals surface area (Å²) in [5.41, 5.74) is 0. The lowest BCUT2D eigenvalue weighted by Gasteiger charge is -2.39. The fourth-order valence-corrected chi connectivity index (χ4v) is 2.97. The third kappa shape index (κ3) is 3.49. The van der Waals surface area contributed by atoms with Crippen molar-refractivity contribution in [3.8, 4) is 0 Å². The van der Waals surface area contributed by atoms with Crippen molar-refractivity contribution >= 4 is 11.9 Å². The number of piperidine rings is 1. The minimum absolute atomic E-state index is 0.00855. The highest BCUT2D eigenvalue weighted by atomic mass is 16.5. The van der Waals surface area contributed by atoms with E-state index in [0.717, 1.165) is 25.9 Å². The maximum atomic E-state index is 11.9. The third-order valence-electron chi connectivity index (χ3n) is 4.32. The normalized spacial score (nSPS) is 26.2. The highest BCUT2D eigenvalue weighted by Gasteiger charge is 2.35. The molecule has 0 aromatic heterocycles. The lowest BCUT2D eigenvalue weighted by atomic mass is 9.94. The number of amides is 1. The van der Waals surface area contributed by atoms with Gasteiger partial charge in [0.05, 0.1) is 6.61 Å². The van der Waals surface area contributed by atoms with E-state index >= 15 is 0 Å². The third-order valence-corrected chi connectivity index (χ3v) is 4.32. The van der Waals surface area contributed by atoms with Crippen LogP contribution in [0.5, 0.6) is 0 Å². The number of carbonyl (C=O) groups excluding carboxylic acids is 1. The standard InChI is InChI=1S/C14H24N2O4/c1-10(2)15-5-3-11(4-6-15)7-16-12(14(18)19)8-20-9-13(16)17/h10-12H,3-9H2,1-2H3,(H,18,19). The smallest absolute Gasteiger partial charge is 0.328 e. The van der Waals surface area contributed by atoms with Gasteiger partial charge in [-0.25, -0.2) is 4.79 Å². The number of hydrogen-bond acceptors (Lipinski definition) is 4. The van der Waals surface area contributed by atoms with Gasteiger partial charge in [0.25, 0.3) is 0 Å². The molecule has 6 heteroatoms. The molecule has 2 rings (SSSR count). The lowest BCUT2D eigenvalue weighted by molar-refractivity contribution is -0.163. The zero-order chi connectivity index (χ0) is 14.7. The zero-order valence-corrected chi connectivity index (χ0v) is 12.2. The minimum atomic E-state index is -0.974. The maximum absolute atomic E-state index is 11.9. The lowest BCUT2D eigenvalue weighted by Crippen LogP contribution is -2.55. The Labute approximate surface area is 119 Å². The molecule has 0 radical (unpaired) electrons. The summed E-state index contributed by atoms with van der Waals surface area (Å²) in [5, 5.41) is 9.19. The molecule has 0 saturated carbocycles. The van der Waals surface area contributed by atoms with E-state index in [9.17, 15) is 14.7 Å². The van der Waals surface area contributed by atoms with Gasteiger partial charge in [0.15, 0.2) is 6.04 Å². The number of likely N-dealkylation sites (tertiary alicyclic amines) is 1. The first-order valence-electron chi connectivity index (χ1n) is 7.33. The fraction of sp³-hybridized carbons (Fsp3) is 0.857. The van der Waals surface area contributed by atoms with E-state index < -0.39 is 12.0 Å². The summed E-state index contributed by atoms with van der Waals surface area (Å²) in [6.45, 7) is 7.08. The van der Waals surface area contributed by atoms with Gasteiger partial charge in [0, 0.05) is 12.6 Å². The Hall–Kier alpha value is -1.14. The summed E-state index contributed by atoms with van der Waals surface area (Å²) in [7, 11) is 0. The summed E-state index contributed by atoms with van der Waals surface area (Å²) in [6.07, 6.45) is 2.05. The van der Waals surface area contributed by atoms with Gasteiger partial charge < -0.3 is 19.6 Å². The van der Waals surface area contributed by atoms with Crippen molar-refractivity contribution in [2.75, 3.05) is 32.8 Å². The van der Waals surface area contributed by atoms with Gasteiger partial charge in [0.1, 0.15) is 6.61 Å². The topological polar surface area (TPSA) is 70.1 Å². The number of carboxylic acid groups (broad SMARTS) is 1. The first kappa shape index (κ1) is 15.3. The van der Waals surface area contributed by atoms with Crippen LogP contribution in [0, 0.1) is 5.92 Å². The second-order valence-electron chi connectivity index (χ2n) is 5.99.